The largest absolute Gasteiger partial charge is 0.324 e. The Morgan fingerprint density at radius 1 is 1.12 bits per heavy atom. The maximum atomic E-state index is 13.4. The highest BCUT2D eigenvalue weighted by Gasteiger charge is 2.10. The minimum Gasteiger partial charge on any atom is -0.324 e. The Morgan fingerprint density at radius 3 is 2.46 bits per heavy atom. The second-order valence-corrected chi connectivity index (χ2v) is 7.23. The molecule has 0 aliphatic heterocycles. The van der Waals surface area contributed by atoms with Gasteiger partial charge in [-0.15, -0.1) is 0 Å². The van der Waals surface area contributed by atoms with E-state index in [1.807, 2.05) is 19.1 Å². The van der Waals surface area contributed by atoms with Crippen LogP contribution in [0.3, 0.4) is 0 Å². The molecule has 0 aliphatic rings. The molecule has 8 heteroatoms. The van der Waals surface area contributed by atoms with Crippen LogP contribution in [0.2, 0.25) is 0 Å². The molecular weight excluding hydrogens is 362 g/mol. The molecule has 2 aromatic rings. The van der Waals surface area contributed by atoms with Gasteiger partial charge in [0.2, 0.25) is 15.9 Å². The van der Waals surface area contributed by atoms with Gasteiger partial charge in [0.05, 0.1) is 5.69 Å². The van der Waals surface area contributed by atoms with Crippen LogP contribution in [0, 0.1) is 18.6 Å². The number of hydrogen-bond donors (Lipinski definition) is 2. The van der Waals surface area contributed by atoms with Gasteiger partial charge in [0.1, 0.15) is 11.6 Å². The first-order chi connectivity index (χ1) is 12.2. The lowest BCUT2D eigenvalue weighted by atomic mass is 10.2. The van der Waals surface area contributed by atoms with Crippen molar-refractivity contribution in [2.24, 2.45) is 0 Å². The van der Waals surface area contributed by atoms with E-state index in [1.165, 1.54) is 6.08 Å². The summed E-state index contributed by atoms with van der Waals surface area (Å²) in [6.07, 6.45) is 1.24. The molecule has 138 valence electrons. The average molecular weight is 380 g/mol. The van der Waals surface area contributed by atoms with E-state index in [2.05, 4.69) is 10.0 Å². The minimum absolute atomic E-state index is 0.158. The SMILES string of the molecule is Cc1ccc(/C=C/S(=O)(=O)NCCC(=O)Nc2ccc(F)cc2F)cc1. The summed E-state index contributed by atoms with van der Waals surface area (Å²) in [5, 5.41) is 3.26. The maximum absolute atomic E-state index is 13.4. The molecule has 2 N–H and O–H groups in total. The topological polar surface area (TPSA) is 75.3 Å². The molecule has 5 nitrogen and oxygen atoms in total. The zero-order valence-corrected chi connectivity index (χ0v) is 14.8. The molecule has 0 unspecified atom stereocenters. The molecule has 0 heterocycles. The van der Waals surface area contributed by atoms with Crippen molar-refractivity contribution in [2.75, 3.05) is 11.9 Å². The zero-order valence-electron chi connectivity index (χ0n) is 14.0. The quantitative estimate of drug-likeness (QED) is 0.775. The summed E-state index contributed by atoms with van der Waals surface area (Å²) in [6.45, 7) is 1.77. The highest BCUT2D eigenvalue weighted by atomic mass is 32.2. The fraction of sp³-hybridized carbons (Fsp3) is 0.167. The van der Waals surface area contributed by atoms with Gasteiger partial charge in [-0.25, -0.2) is 21.9 Å². The molecular formula is C18H18F2N2O3S. The second kappa shape index (κ2) is 8.68. The third kappa shape index (κ3) is 6.38. The van der Waals surface area contributed by atoms with E-state index in [4.69, 9.17) is 0 Å². The van der Waals surface area contributed by atoms with Crippen LogP contribution in [0.25, 0.3) is 6.08 Å². The third-order valence-electron chi connectivity index (χ3n) is 3.38. The number of anilines is 1. The zero-order chi connectivity index (χ0) is 19.2. The van der Waals surface area contributed by atoms with E-state index < -0.39 is 27.6 Å². The molecule has 0 aromatic heterocycles. The number of hydrogen-bond acceptors (Lipinski definition) is 3. The lowest BCUT2D eigenvalue weighted by molar-refractivity contribution is -0.116. The molecule has 26 heavy (non-hydrogen) atoms. The predicted octanol–water partition coefficient (Wildman–Crippen LogP) is 3.19. The van der Waals surface area contributed by atoms with Gasteiger partial charge in [-0.2, -0.15) is 0 Å². The van der Waals surface area contributed by atoms with Crippen LogP contribution in [0.1, 0.15) is 17.5 Å². The number of aryl methyl sites for hydroxylation is 1. The van der Waals surface area contributed by atoms with Gasteiger partial charge in [0.15, 0.2) is 0 Å². The van der Waals surface area contributed by atoms with E-state index in [0.717, 1.165) is 28.7 Å². The Morgan fingerprint density at radius 2 is 1.81 bits per heavy atom. The van der Waals surface area contributed by atoms with Crippen molar-refractivity contribution in [3.8, 4) is 0 Å². The van der Waals surface area contributed by atoms with Crippen LogP contribution in [-0.2, 0) is 14.8 Å². The summed E-state index contributed by atoms with van der Waals surface area (Å²) in [7, 11) is -3.71. The van der Waals surface area contributed by atoms with Gasteiger partial charge in [-0.3, -0.25) is 4.79 Å². The van der Waals surface area contributed by atoms with Crippen LogP contribution < -0.4 is 10.0 Å². The molecule has 0 aliphatic carbocycles. The van der Waals surface area contributed by atoms with Crippen molar-refractivity contribution in [3.05, 3.63) is 70.6 Å². The van der Waals surface area contributed by atoms with Crippen molar-refractivity contribution >= 4 is 27.7 Å². The van der Waals surface area contributed by atoms with Crippen molar-refractivity contribution in [3.63, 3.8) is 0 Å². The van der Waals surface area contributed by atoms with Gasteiger partial charge in [-0.1, -0.05) is 29.8 Å². The Hall–Kier alpha value is -2.58. The third-order valence-corrected chi connectivity index (χ3v) is 4.48. The standard InChI is InChI=1S/C18H18F2N2O3S/c1-13-2-4-14(5-3-13)9-11-26(24,25)21-10-8-18(23)22-17-7-6-15(19)12-16(17)20/h2-7,9,11-12,21H,8,10H2,1H3,(H,22,23)/b11-9+. The van der Waals surface area contributed by atoms with Crippen molar-refractivity contribution in [2.45, 2.75) is 13.3 Å². The molecule has 1 amide bonds. The fourth-order valence-electron chi connectivity index (χ4n) is 2.00. The Labute approximate surface area is 150 Å². The van der Waals surface area contributed by atoms with Crippen molar-refractivity contribution in [1.29, 1.82) is 0 Å². The number of amides is 1. The number of benzene rings is 2. The number of nitrogens with one attached hydrogen (secondary N) is 2. The molecule has 0 bridgehead atoms. The molecule has 0 atom stereocenters. The average Bonchev–Trinajstić information content (AvgIpc) is 2.57. The summed E-state index contributed by atoms with van der Waals surface area (Å²) >= 11 is 0. The number of carbonyl (C=O) groups is 1. The molecule has 0 saturated carbocycles. The highest BCUT2D eigenvalue weighted by molar-refractivity contribution is 7.92. The summed E-state index contributed by atoms with van der Waals surface area (Å²) < 4.78 is 52.2. The van der Waals surface area contributed by atoms with Gasteiger partial charge in [0.25, 0.3) is 0 Å². The van der Waals surface area contributed by atoms with Crippen molar-refractivity contribution in [1.82, 2.24) is 4.72 Å². The summed E-state index contributed by atoms with van der Waals surface area (Å²) in [6, 6.07) is 10.0. The minimum atomic E-state index is -3.71. The first-order valence-electron chi connectivity index (χ1n) is 7.74. The first-order valence-corrected chi connectivity index (χ1v) is 9.29. The van der Waals surface area contributed by atoms with E-state index in [-0.39, 0.29) is 18.7 Å². The van der Waals surface area contributed by atoms with Gasteiger partial charge >= 0.3 is 0 Å². The maximum Gasteiger partial charge on any atom is 0.233 e. The molecule has 2 aromatic carbocycles. The highest BCUT2D eigenvalue weighted by Crippen LogP contribution is 2.15. The van der Waals surface area contributed by atoms with Crippen LogP contribution in [-0.4, -0.2) is 20.9 Å². The van der Waals surface area contributed by atoms with Crippen LogP contribution in [0.15, 0.2) is 47.9 Å². The smallest absolute Gasteiger partial charge is 0.233 e. The Kier molecular flexibility index (Phi) is 6.59. The van der Waals surface area contributed by atoms with E-state index >= 15 is 0 Å². The summed E-state index contributed by atoms with van der Waals surface area (Å²) in [4.78, 5) is 11.7. The first kappa shape index (κ1) is 19.7. The Bertz CT molecular complexity index is 911. The van der Waals surface area contributed by atoms with Crippen molar-refractivity contribution < 1.29 is 22.0 Å². The molecule has 0 spiro atoms. The fourth-order valence-corrected chi connectivity index (χ4v) is 2.82. The van der Waals surface area contributed by atoms with E-state index in [1.54, 1.807) is 12.1 Å². The van der Waals surface area contributed by atoms with Gasteiger partial charge in [0, 0.05) is 24.4 Å². The second-order valence-electron chi connectivity index (χ2n) is 5.58. The predicted molar refractivity (Wildman–Crippen MR) is 96.7 cm³/mol. The number of halogens is 2. The normalized spacial score (nSPS) is 11.7. The summed E-state index contributed by atoms with van der Waals surface area (Å²) in [5.74, 6) is -2.26. The molecule has 0 radical (unpaired) electrons. The lowest BCUT2D eigenvalue weighted by Crippen LogP contribution is -2.26. The number of rotatable bonds is 7. The summed E-state index contributed by atoms with van der Waals surface area (Å²) in [5.41, 5.74) is 1.62. The monoisotopic (exact) mass is 380 g/mol. The number of carbonyl (C=O) groups excluding carboxylic acids is 1. The molecule has 0 saturated heterocycles. The molecule has 0 fully saturated rings. The van der Waals surface area contributed by atoms with Gasteiger partial charge in [-0.05, 0) is 30.7 Å². The molecule has 2 rings (SSSR count). The lowest BCUT2D eigenvalue weighted by Gasteiger charge is -2.07. The van der Waals surface area contributed by atoms with Crippen LogP contribution in [0.4, 0.5) is 14.5 Å². The van der Waals surface area contributed by atoms with Gasteiger partial charge < -0.3 is 5.32 Å². The van der Waals surface area contributed by atoms with Crippen LogP contribution >= 0.6 is 0 Å². The van der Waals surface area contributed by atoms with E-state index in [9.17, 15) is 22.0 Å². The Balaban J connectivity index is 1.83. The number of sulfonamides is 1. The van der Waals surface area contributed by atoms with E-state index in [0.29, 0.717) is 6.07 Å². The van der Waals surface area contributed by atoms with Crippen LogP contribution in [0.5, 0.6) is 0 Å².